The van der Waals surface area contributed by atoms with Crippen molar-refractivity contribution in [1.82, 2.24) is 0 Å². The van der Waals surface area contributed by atoms with E-state index in [0.717, 1.165) is 16.5 Å². The van der Waals surface area contributed by atoms with Crippen LogP contribution >= 0.6 is 0 Å². The fraction of sp³-hybridized carbons (Fsp3) is 0.0800. The molecule has 0 bridgehead atoms. The van der Waals surface area contributed by atoms with E-state index >= 15 is 0 Å². The topological polar surface area (TPSA) is 58.6 Å². The molecule has 0 aliphatic heterocycles. The summed E-state index contributed by atoms with van der Waals surface area (Å²) in [5.41, 5.74) is 1.92. The van der Waals surface area contributed by atoms with Crippen molar-refractivity contribution >= 4 is 16.7 Å². The first-order valence-corrected chi connectivity index (χ1v) is 9.33. The van der Waals surface area contributed by atoms with Crippen LogP contribution in [0, 0.1) is 0 Å². The third-order valence-electron chi connectivity index (χ3n) is 4.64. The van der Waals surface area contributed by atoms with E-state index in [0.29, 0.717) is 17.7 Å². The van der Waals surface area contributed by atoms with Crippen molar-refractivity contribution in [3.8, 4) is 11.5 Å². The molecule has 0 spiro atoms. The molecule has 4 rings (SSSR count). The molecule has 0 aliphatic carbocycles. The van der Waals surface area contributed by atoms with E-state index < -0.39 is 5.97 Å². The van der Waals surface area contributed by atoms with Gasteiger partial charge in [0.2, 0.25) is 0 Å². The molecule has 5 heteroatoms. The number of rotatable bonds is 7. The van der Waals surface area contributed by atoms with E-state index in [-0.39, 0.29) is 47.5 Å². The monoisotopic (exact) mass is 406 g/mol. The van der Waals surface area contributed by atoms with Crippen LogP contribution in [-0.2, 0) is 13.2 Å². The fourth-order valence-corrected chi connectivity index (χ4v) is 3.21. The Bertz CT molecular complexity index is 1130. The van der Waals surface area contributed by atoms with Crippen LogP contribution in [0.5, 0.6) is 11.5 Å². The average molecular weight is 406 g/mol. The quantitative estimate of drug-likeness (QED) is 0.435. The molecule has 0 aromatic heterocycles. The third kappa shape index (κ3) is 5.03. The molecule has 0 fully saturated rings. The number of carbonyl (C=O) groups excluding carboxylic acids is 1. The van der Waals surface area contributed by atoms with Crippen LogP contribution < -0.4 is 44.1 Å². The average Bonchev–Trinajstić information content (AvgIpc) is 2.77. The molecule has 4 aromatic carbocycles. The van der Waals surface area contributed by atoms with Crippen molar-refractivity contribution in [3.63, 3.8) is 0 Å². The van der Waals surface area contributed by atoms with Crippen molar-refractivity contribution in [3.05, 3.63) is 108 Å². The zero-order valence-corrected chi connectivity index (χ0v) is 18.7. The molecule has 144 valence electrons. The zero-order valence-electron chi connectivity index (χ0n) is 16.7. The number of aromatic carboxylic acids is 1. The number of ether oxygens (including phenoxy) is 2. The molecule has 0 aliphatic rings. The minimum Gasteiger partial charge on any atom is -0.545 e. The van der Waals surface area contributed by atoms with E-state index in [1.165, 1.54) is 6.07 Å². The van der Waals surface area contributed by atoms with E-state index in [4.69, 9.17) is 9.47 Å². The second-order valence-corrected chi connectivity index (χ2v) is 6.63. The predicted octanol–water partition coefficient (Wildman–Crippen LogP) is 1.37. The van der Waals surface area contributed by atoms with Crippen molar-refractivity contribution in [2.75, 3.05) is 0 Å². The molecule has 4 nitrogen and oxygen atoms in total. The summed E-state index contributed by atoms with van der Waals surface area (Å²) >= 11 is 0. The maximum absolute atomic E-state index is 11.9. The first kappa shape index (κ1) is 21.9. The number of fused-ring (bicyclic) bond motifs is 1. The van der Waals surface area contributed by atoms with Crippen LogP contribution in [0.1, 0.15) is 21.5 Å². The Hall–Kier alpha value is -2.79. The molecular formula is C25H19NaO4. The molecular weight excluding hydrogens is 387 g/mol. The minimum atomic E-state index is -1.30. The fourth-order valence-electron chi connectivity index (χ4n) is 3.21. The summed E-state index contributed by atoms with van der Waals surface area (Å²) in [4.78, 5) is 11.9. The molecule has 0 atom stereocenters. The Morgan fingerprint density at radius 3 is 1.77 bits per heavy atom. The maximum atomic E-state index is 11.9. The van der Waals surface area contributed by atoms with Crippen molar-refractivity contribution < 1.29 is 48.9 Å². The minimum absolute atomic E-state index is 0. The van der Waals surface area contributed by atoms with Gasteiger partial charge in [0.25, 0.3) is 0 Å². The predicted molar refractivity (Wildman–Crippen MR) is 110 cm³/mol. The van der Waals surface area contributed by atoms with Crippen LogP contribution in [0.25, 0.3) is 10.8 Å². The van der Waals surface area contributed by atoms with E-state index in [1.54, 1.807) is 0 Å². The van der Waals surface area contributed by atoms with Gasteiger partial charge >= 0.3 is 29.6 Å². The largest absolute Gasteiger partial charge is 1.00 e. The third-order valence-corrected chi connectivity index (χ3v) is 4.64. The number of benzene rings is 4. The Balaban J connectivity index is 0.00000256. The molecule has 0 saturated heterocycles. The summed E-state index contributed by atoms with van der Waals surface area (Å²) in [6.45, 7) is 0.594. The van der Waals surface area contributed by atoms with Crippen LogP contribution in [0.2, 0.25) is 0 Å². The smallest absolute Gasteiger partial charge is 0.545 e. The number of carboxylic acids is 1. The Labute approximate surface area is 197 Å². The Kier molecular flexibility index (Phi) is 7.52. The SMILES string of the molecule is O=C([O-])c1cc(OCc2ccccc2)c2ccccc2c1OCc1ccccc1.[Na+]. The summed E-state index contributed by atoms with van der Waals surface area (Å²) in [5.74, 6) is -0.532. The van der Waals surface area contributed by atoms with Gasteiger partial charge in [0, 0.05) is 16.3 Å². The van der Waals surface area contributed by atoms with Gasteiger partial charge < -0.3 is 19.4 Å². The number of hydrogen-bond donors (Lipinski definition) is 0. The molecule has 30 heavy (non-hydrogen) atoms. The number of carbonyl (C=O) groups is 1. The van der Waals surface area contributed by atoms with Gasteiger partial charge in [-0.1, -0.05) is 84.9 Å². The van der Waals surface area contributed by atoms with Crippen molar-refractivity contribution in [1.29, 1.82) is 0 Å². The number of hydrogen-bond acceptors (Lipinski definition) is 4. The molecule has 0 N–H and O–H groups in total. The second kappa shape index (κ2) is 10.3. The van der Waals surface area contributed by atoms with Crippen LogP contribution in [0.4, 0.5) is 0 Å². The van der Waals surface area contributed by atoms with E-state index in [9.17, 15) is 9.90 Å². The Morgan fingerprint density at radius 2 is 1.20 bits per heavy atom. The zero-order chi connectivity index (χ0) is 20.1. The van der Waals surface area contributed by atoms with Gasteiger partial charge in [-0.15, -0.1) is 0 Å². The van der Waals surface area contributed by atoms with Gasteiger partial charge in [0.1, 0.15) is 24.7 Å². The van der Waals surface area contributed by atoms with Gasteiger partial charge in [0.05, 0.1) is 5.97 Å². The molecule has 0 radical (unpaired) electrons. The summed E-state index contributed by atoms with van der Waals surface area (Å²) < 4.78 is 11.9. The summed E-state index contributed by atoms with van der Waals surface area (Å²) in [6.07, 6.45) is 0. The van der Waals surface area contributed by atoms with Gasteiger partial charge in [0.15, 0.2) is 0 Å². The van der Waals surface area contributed by atoms with Crippen molar-refractivity contribution in [2.45, 2.75) is 13.2 Å². The second-order valence-electron chi connectivity index (χ2n) is 6.63. The van der Waals surface area contributed by atoms with E-state index in [1.807, 2.05) is 84.9 Å². The summed E-state index contributed by atoms with van der Waals surface area (Å²) in [6, 6.07) is 28.3. The molecule has 0 saturated carbocycles. The van der Waals surface area contributed by atoms with E-state index in [2.05, 4.69) is 0 Å². The number of carboxylic acid groups (broad SMARTS) is 1. The van der Waals surface area contributed by atoms with Crippen LogP contribution in [-0.4, -0.2) is 5.97 Å². The summed E-state index contributed by atoms with van der Waals surface area (Å²) in [7, 11) is 0. The van der Waals surface area contributed by atoms with Crippen molar-refractivity contribution in [2.24, 2.45) is 0 Å². The van der Waals surface area contributed by atoms with Gasteiger partial charge in [-0.2, -0.15) is 0 Å². The first-order chi connectivity index (χ1) is 14.2. The van der Waals surface area contributed by atoms with Crippen LogP contribution in [0.15, 0.2) is 91.0 Å². The first-order valence-electron chi connectivity index (χ1n) is 9.33. The standard InChI is InChI=1S/C25H20O4.Na/c26-25(27)22-15-23(28-16-18-9-3-1-4-10-18)20-13-7-8-14-21(20)24(22)29-17-19-11-5-2-6-12-19;/h1-15H,16-17H2,(H,26,27);/q;+1/p-1. The molecule has 4 aromatic rings. The van der Waals surface area contributed by atoms with Gasteiger partial charge in [-0.25, -0.2) is 0 Å². The summed E-state index contributed by atoms with van der Waals surface area (Å²) in [5, 5.41) is 13.3. The Morgan fingerprint density at radius 1 is 0.700 bits per heavy atom. The van der Waals surface area contributed by atoms with Gasteiger partial charge in [-0.05, 0) is 17.2 Å². The van der Waals surface area contributed by atoms with Gasteiger partial charge in [-0.3, -0.25) is 0 Å². The molecule has 0 amide bonds. The maximum Gasteiger partial charge on any atom is 1.00 e. The molecule has 0 unspecified atom stereocenters. The normalized spacial score (nSPS) is 10.3. The van der Waals surface area contributed by atoms with Crippen LogP contribution in [0.3, 0.4) is 0 Å². The molecule has 0 heterocycles.